The van der Waals surface area contributed by atoms with E-state index < -0.39 is 5.60 Å². The zero-order valence-corrected chi connectivity index (χ0v) is 18.3. The van der Waals surface area contributed by atoms with Gasteiger partial charge in [0, 0.05) is 19.6 Å². The van der Waals surface area contributed by atoms with E-state index in [0.717, 1.165) is 19.4 Å². The van der Waals surface area contributed by atoms with E-state index >= 15 is 0 Å². The van der Waals surface area contributed by atoms with E-state index in [0.29, 0.717) is 49.2 Å². The minimum atomic E-state index is -1.09. The van der Waals surface area contributed by atoms with Crippen LogP contribution in [-0.2, 0) is 11.3 Å². The molecular weight excluding hydrogens is 427 g/mol. The number of amides is 1. The van der Waals surface area contributed by atoms with Gasteiger partial charge in [0.15, 0.2) is 5.65 Å². The lowest BCUT2D eigenvalue weighted by Crippen LogP contribution is -2.52. The normalized spacial score (nSPS) is 20.8. The number of benzene rings is 1. The van der Waals surface area contributed by atoms with Crippen molar-refractivity contribution in [2.45, 2.75) is 37.8 Å². The summed E-state index contributed by atoms with van der Waals surface area (Å²) in [6.07, 6.45) is 5.56. The van der Waals surface area contributed by atoms with Crippen molar-refractivity contribution >= 4 is 16.9 Å². The van der Waals surface area contributed by atoms with Crippen molar-refractivity contribution in [1.82, 2.24) is 29.5 Å². The highest BCUT2D eigenvalue weighted by atomic mass is 19.1. The van der Waals surface area contributed by atoms with Gasteiger partial charge in [-0.15, -0.1) is 0 Å². The number of aliphatic hydroxyl groups is 1. The number of hydrogen-bond acceptors (Lipinski definition) is 6. The smallest absolute Gasteiger partial charge is 0.264 e. The third-order valence-electron chi connectivity index (χ3n) is 6.74. The summed E-state index contributed by atoms with van der Waals surface area (Å²) in [4.78, 5) is 32.0. The van der Waals surface area contributed by atoms with Crippen molar-refractivity contribution in [2.75, 3.05) is 26.2 Å². The minimum absolute atomic E-state index is 0.0109. The van der Waals surface area contributed by atoms with Gasteiger partial charge in [-0.05, 0) is 56.5 Å². The number of carbonyl (C=O) groups excluding carboxylic acids is 1. The van der Waals surface area contributed by atoms with Crippen LogP contribution in [0.1, 0.15) is 25.7 Å². The average molecular weight is 455 g/mol. The highest BCUT2D eigenvalue weighted by molar-refractivity contribution is 5.79. The Kier molecular flexibility index (Phi) is 5.71. The monoisotopic (exact) mass is 454 g/mol. The Morgan fingerprint density at radius 2 is 2.00 bits per heavy atom. The topological polar surface area (TPSA) is 105 Å². The van der Waals surface area contributed by atoms with Crippen molar-refractivity contribution in [3.05, 3.63) is 53.0 Å². The third kappa shape index (κ3) is 4.28. The first-order chi connectivity index (χ1) is 15.9. The predicted octanol–water partition coefficient (Wildman–Crippen LogP) is 1.07. The molecule has 10 heteroatoms. The molecule has 2 aliphatic heterocycles. The summed E-state index contributed by atoms with van der Waals surface area (Å²) in [6, 6.07) is 5.77. The van der Waals surface area contributed by atoms with Crippen molar-refractivity contribution in [3.8, 4) is 5.69 Å². The number of likely N-dealkylation sites (tertiary alicyclic amines) is 1. The van der Waals surface area contributed by atoms with Crippen LogP contribution in [0.25, 0.3) is 16.7 Å². The molecule has 5 rings (SSSR count). The first-order valence-corrected chi connectivity index (χ1v) is 11.3. The van der Waals surface area contributed by atoms with Gasteiger partial charge in [-0.3, -0.25) is 14.2 Å². The third-order valence-corrected chi connectivity index (χ3v) is 6.74. The molecule has 9 nitrogen and oxygen atoms in total. The molecule has 2 aliphatic rings. The summed E-state index contributed by atoms with van der Waals surface area (Å²) in [5.74, 6) is -0.198. The molecule has 0 radical (unpaired) electrons. The molecule has 2 saturated heterocycles. The largest absolute Gasteiger partial charge is 0.388 e. The molecule has 1 atom stereocenters. The lowest BCUT2D eigenvalue weighted by molar-refractivity contribution is -0.140. The lowest BCUT2D eigenvalue weighted by atomic mass is 9.89. The number of piperidine rings is 2. The van der Waals surface area contributed by atoms with E-state index in [1.165, 1.54) is 33.9 Å². The second-order valence-electron chi connectivity index (χ2n) is 9.04. The zero-order chi connectivity index (χ0) is 23.0. The second-order valence-corrected chi connectivity index (χ2v) is 9.04. The molecule has 0 saturated carbocycles. The maximum Gasteiger partial charge on any atom is 0.264 e. The summed E-state index contributed by atoms with van der Waals surface area (Å²) in [6.45, 7) is 2.72. The van der Waals surface area contributed by atoms with Gasteiger partial charge >= 0.3 is 0 Å². The number of fused-ring (bicyclic) bond motifs is 1. The van der Waals surface area contributed by atoms with Gasteiger partial charge in [0.1, 0.15) is 17.5 Å². The molecule has 1 aromatic carbocycles. The molecule has 0 unspecified atom stereocenters. The first kappa shape index (κ1) is 21.7. The fourth-order valence-corrected chi connectivity index (χ4v) is 4.77. The summed E-state index contributed by atoms with van der Waals surface area (Å²) in [7, 11) is 0. The Morgan fingerprint density at radius 1 is 1.24 bits per heavy atom. The van der Waals surface area contributed by atoms with Crippen LogP contribution in [0.4, 0.5) is 4.39 Å². The highest BCUT2D eigenvalue weighted by Gasteiger charge is 2.36. The Bertz CT molecular complexity index is 1210. The molecule has 0 aliphatic carbocycles. The van der Waals surface area contributed by atoms with Crippen LogP contribution in [0.5, 0.6) is 0 Å². The van der Waals surface area contributed by atoms with Crippen molar-refractivity contribution in [3.63, 3.8) is 0 Å². The lowest BCUT2D eigenvalue weighted by Gasteiger charge is -2.40. The second kappa shape index (κ2) is 8.68. The number of hydrogen-bond donors (Lipinski definition) is 2. The fraction of sp³-hybridized carbons (Fsp3) is 0.478. The summed E-state index contributed by atoms with van der Waals surface area (Å²) in [5, 5.41) is 19.0. The average Bonchev–Trinajstić information content (AvgIpc) is 3.27. The molecular formula is C23H27FN6O3. The van der Waals surface area contributed by atoms with Crippen LogP contribution in [0, 0.1) is 11.7 Å². The molecule has 2 aromatic heterocycles. The van der Waals surface area contributed by atoms with Crippen LogP contribution in [-0.4, -0.2) is 67.0 Å². The van der Waals surface area contributed by atoms with E-state index in [2.05, 4.69) is 15.4 Å². The van der Waals surface area contributed by atoms with E-state index in [1.807, 2.05) is 4.90 Å². The molecule has 1 amide bonds. The van der Waals surface area contributed by atoms with Gasteiger partial charge in [0.05, 0.1) is 29.9 Å². The molecule has 2 N–H and O–H groups in total. The van der Waals surface area contributed by atoms with Crippen molar-refractivity contribution in [1.29, 1.82) is 0 Å². The molecule has 174 valence electrons. The molecule has 33 heavy (non-hydrogen) atoms. The molecule has 3 aromatic rings. The Morgan fingerprint density at radius 3 is 2.70 bits per heavy atom. The zero-order valence-electron chi connectivity index (χ0n) is 18.3. The van der Waals surface area contributed by atoms with Crippen LogP contribution in [0.15, 0.2) is 41.6 Å². The minimum Gasteiger partial charge on any atom is -0.388 e. The van der Waals surface area contributed by atoms with Crippen molar-refractivity contribution < 1.29 is 14.3 Å². The highest BCUT2D eigenvalue weighted by Crippen LogP contribution is 2.26. The molecule has 0 spiro atoms. The van der Waals surface area contributed by atoms with Gasteiger partial charge in [-0.2, -0.15) is 5.10 Å². The van der Waals surface area contributed by atoms with Gasteiger partial charge in [0.2, 0.25) is 5.91 Å². The quantitative estimate of drug-likeness (QED) is 0.611. The van der Waals surface area contributed by atoms with Crippen LogP contribution >= 0.6 is 0 Å². The van der Waals surface area contributed by atoms with Crippen molar-refractivity contribution in [2.24, 2.45) is 5.92 Å². The van der Waals surface area contributed by atoms with Crippen LogP contribution in [0.2, 0.25) is 0 Å². The van der Waals surface area contributed by atoms with Gasteiger partial charge < -0.3 is 15.3 Å². The molecule has 4 heterocycles. The molecule has 2 fully saturated rings. The fourth-order valence-electron chi connectivity index (χ4n) is 4.77. The summed E-state index contributed by atoms with van der Waals surface area (Å²) >= 11 is 0. The first-order valence-electron chi connectivity index (χ1n) is 11.3. The Balaban J connectivity index is 1.30. The van der Waals surface area contributed by atoms with Gasteiger partial charge in [0.25, 0.3) is 5.56 Å². The SMILES string of the molecule is O=C([C@@H]1CCCNC1)N1CCC(O)(Cn2cnc3c(cnn3-c3ccc(F)cc3)c2=O)CC1. The molecule has 0 bridgehead atoms. The van der Waals surface area contributed by atoms with E-state index in [4.69, 9.17) is 0 Å². The summed E-state index contributed by atoms with van der Waals surface area (Å²) in [5.41, 5.74) is -0.418. The number of aromatic nitrogens is 4. The standard InChI is InChI=1S/C23H27FN6O3/c24-17-3-5-18(6-4-17)30-20-19(13-27-30)22(32)29(15-26-20)14-23(33)7-10-28(11-8-23)21(31)16-2-1-9-25-12-16/h3-6,13,15-16,25,33H,1-2,7-12,14H2/t16-/m1/s1. The number of carbonyl (C=O) groups is 1. The maximum absolute atomic E-state index is 13.2. The number of nitrogens with zero attached hydrogens (tertiary/aromatic N) is 5. The van der Waals surface area contributed by atoms with Crippen LogP contribution < -0.4 is 10.9 Å². The van der Waals surface area contributed by atoms with Crippen LogP contribution in [0.3, 0.4) is 0 Å². The Hall–Kier alpha value is -3.11. The summed E-state index contributed by atoms with van der Waals surface area (Å²) < 4.78 is 16.1. The number of nitrogens with one attached hydrogen (secondary N) is 1. The number of rotatable bonds is 4. The van der Waals surface area contributed by atoms with E-state index in [1.54, 1.807) is 12.1 Å². The van der Waals surface area contributed by atoms with Gasteiger partial charge in [-0.1, -0.05) is 0 Å². The van der Waals surface area contributed by atoms with E-state index in [9.17, 15) is 19.1 Å². The Labute approximate surface area is 189 Å². The van der Waals surface area contributed by atoms with Gasteiger partial charge in [-0.25, -0.2) is 14.1 Å². The van der Waals surface area contributed by atoms with E-state index in [-0.39, 0.29) is 29.7 Å². The number of halogens is 1. The maximum atomic E-state index is 13.2. The predicted molar refractivity (Wildman–Crippen MR) is 119 cm³/mol.